The lowest BCUT2D eigenvalue weighted by atomic mass is 9.79. The SMILES string of the molecule is c1ccc2c(c1)-c1ccccc1C21COc2ccc3c(c2)C2=Nc4[nH]c5c6ccc(cc46)OCC4(COc6ccc7c8nc9nc%10[nH]c%11nc(nc%12nc(nc([nH]8)c7c6)-c6cc(ccc6-%12)OC1)-c1ccc(cc1-%11)OCC1(COc6ccc7c(c6)C(=NC7=NC3=N2)NC2=NC(=N5)c3ccc(cc32)OCC2(COc3ccc-9c-%10c3)c3ccccc3-c3ccccc32)c2ccccc2-c2ccccc21)c1ccccc1-c1ccccc14. The number of rotatable bonds is 0. The summed E-state index contributed by atoms with van der Waals surface area (Å²) in [5.41, 5.74) is 22.3. The fraction of sp³-hybridized carbons (Fsp3) is 0.0968. The third kappa shape index (κ3) is 11.7. The van der Waals surface area contributed by atoms with Gasteiger partial charge in [0, 0.05) is 88.3 Å². The van der Waals surface area contributed by atoms with Crippen molar-refractivity contribution in [3.63, 3.8) is 0 Å². The summed E-state index contributed by atoms with van der Waals surface area (Å²) >= 11 is 0. The molecule has 700 valence electrons. The highest BCUT2D eigenvalue weighted by Crippen LogP contribution is 2.57. The van der Waals surface area contributed by atoms with Crippen LogP contribution in [0.4, 0.5) is 11.6 Å². The highest BCUT2D eigenvalue weighted by molar-refractivity contribution is 6.34. The van der Waals surface area contributed by atoms with Gasteiger partial charge in [0.05, 0.1) is 21.7 Å². The summed E-state index contributed by atoms with van der Waals surface area (Å²) in [7, 11) is 0. The standard InChI is InChI=1S/C124H76N16O8/c1-9-25-97-73(17-1)74-18-2-10-26-98(74)121(97)57-141-65-33-41-81-89(49-65)113-129-105(81)125-107-85-45-37-69-53-93(85)117(133-107)139-119-95-55-71-39-47-87(95)111(135-119)127-109-83-43-35-67(51-91(83)115(131-109)137-113)143-59-122(99-27-11-3-19-75(99)76-20-4-12-28-100(76)122)60-144-68-36-44-84-92(52-68)116-132-110(84)128-112-88-48-40-72(148-64-124(63-147-71)103-31-15-7-23-79(103)80-24-8-16-32-104(80)124)56-96(88)120(136-112)140-118-94-54-70(146-62-123(61-145-69)101-29-13-5-21-77(101)78-22-6-14-30-102(78)123)38-46-86(94)108(134-118)126-106-82-42-34-66(142-58-121)50-90(82)114(130-106)138-116/h1-56H,57-64H2,(H2,125,127,129,131,133,135,137,139)(H2,126,128,130,132,134,136,138,140). The Hall–Kier alpha value is -19.4. The van der Waals surface area contributed by atoms with Crippen LogP contribution >= 0.6 is 0 Å². The van der Waals surface area contributed by atoms with Gasteiger partial charge in [0.15, 0.2) is 46.6 Å². The second kappa shape index (κ2) is 30.1. The van der Waals surface area contributed by atoms with E-state index in [4.69, 9.17) is 97.8 Å². The molecule has 0 fully saturated rings. The molecule has 0 amide bonds. The maximum absolute atomic E-state index is 7.52. The maximum Gasteiger partial charge on any atom is 0.164 e. The summed E-state index contributed by atoms with van der Waals surface area (Å²) < 4.78 is 60.1. The van der Waals surface area contributed by atoms with E-state index in [9.17, 15) is 0 Å². The Morgan fingerprint density at radius 2 is 0.453 bits per heavy atom. The number of nitrogens with one attached hydrogen (secondary N) is 4. The van der Waals surface area contributed by atoms with Gasteiger partial charge in [-0.15, -0.1) is 0 Å². The number of amidine groups is 6. The number of nitrogens with zero attached hydrogens (tertiary/aromatic N) is 12. The number of fused-ring (bicyclic) bond motifs is 59. The minimum Gasteiger partial charge on any atom is -0.492 e. The van der Waals surface area contributed by atoms with Crippen LogP contribution in [-0.2, 0) is 21.7 Å². The van der Waals surface area contributed by atoms with Crippen molar-refractivity contribution in [3.8, 4) is 159 Å². The molecule has 0 radical (unpaired) electrons. The van der Waals surface area contributed by atoms with Crippen LogP contribution in [0, 0.1) is 0 Å². The molecule has 54 bridgehead atoms. The van der Waals surface area contributed by atoms with Gasteiger partial charge in [-0.1, -0.05) is 194 Å². The third-order valence-corrected chi connectivity index (χ3v) is 32.0. The van der Waals surface area contributed by atoms with Crippen LogP contribution < -0.4 is 43.2 Å². The molecule has 0 unspecified atom stereocenters. The zero-order valence-electron chi connectivity index (χ0n) is 78.6. The normalized spacial score (nSPS) is 16.6. The summed E-state index contributed by atoms with van der Waals surface area (Å²) in [6, 6.07) is 117. The summed E-state index contributed by atoms with van der Waals surface area (Å²) in [6.07, 6.45) is 0. The Labute approximate surface area is 843 Å². The van der Waals surface area contributed by atoms with E-state index >= 15 is 0 Å². The molecule has 0 saturated carbocycles. The predicted molar refractivity (Wildman–Crippen MR) is 568 cm³/mol. The Balaban J connectivity index is 0.678. The van der Waals surface area contributed by atoms with Crippen molar-refractivity contribution in [2.75, 3.05) is 52.9 Å². The van der Waals surface area contributed by atoms with Gasteiger partial charge in [-0.25, -0.2) is 59.9 Å². The van der Waals surface area contributed by atoms with E-state index in [0.29, 0.717) is 216 Å². The summed E-state index contributed by atoms with van der Waals surface area (Å²) in [6.45, 7) is 1.01. The first kappa shape index (κ1) is 81.2. The van der Waals surface area contributed by atoms with Crippen molar-refractivity contribution in [3.05, 3.63) is 418 Å². The first-order valence-electron chi connectivity index (χ1n) is 49.7. The van der Waals surface area contributed by atoms with Gasteiger partial charge >= 0.3 is 0 Å². The number of benzene rings is 16. The van der Waals surface area contributed by atoms with Crippen molar-refractivity contribution in [2.45, 2.75) is 21.7 Å². The lowest BCUT2D eigenvalue weighted by Gasteiger charge is -2.32. The van der Waals surface area contributed by atoms with E-state index in [1.165, 1.54) is 0 Å². The van der Waals surface area contributed by atoms with E-state index in [1.54, 1.807) is 0 Å². The number of aromatic nitrogens is 9. The minimum atomic E-state index is -0.931. The monoisotopic (exact) mass is 1920 g/mol. The van der Waals surface area contributed by atoms with Crippen molar-refractivity contribution in [2.24, 2.45) is 30.0 Å². The van der Waals surface area contributed by atoms with Crippen LogP contribution in [0.25, 0.3) is 146 Å². The van der Waals surface area contributed by atoms with Crippen molar-refractivity contribution in [1.29, 1.82) is 0 Å². The summed E-state index contributed by atoms with van der Waals surface area (Å²) in [5.74, 6) is 9.97. The molecule has 4 aliphatic carbocycles. The third-order valence-electron chi connectivity index (χ3n) is 32.0. The molecule has 4 aromatic heterocycles. The quantitative estimate of drug-likeness (QED) is 0.110. The van der Waals surface area contributed by atoms with Crippen LogP contribution in [-0.4, -0.2) is 133 Å². The van der Waals surface area contributed by atoms with E-state index in [-0.39, 0.29) is 52.9 Å². The molecule has 14 aliphatic rings. The van der Waals surface area contributed by atoms with E-state index in [1.807, 2.05) is 146 Å². The van der Waals surface area contributed by atoms with Crippen LogP contribution in [0.15, 0.2) is 370 Å². The molecule has 4 spiro atoms. The molecule has 14 heterocycles. The van der Waals surface area contributed by atoms with Gasteiger partial charge in [-0.05, 0) is 235 Å². The number of ether oxygens (including phenoxy) is 8. The number of aliphatic imine (C=N–C) groups is 6. The lowest BCUT2D eigenvalue weighted by Crippen LogP contribution is -2.39. The fourth-order valence-electron chi connectivity index (χ4n) is 24.9. The molecular weight excluding hydrogens is 1840 g/mol. The highest BCUT2D eigenvalue weighted by atomic mass is 16.5. The predicted octanol–water partition coefficient (Wildman–Crippen LogP) is 23.4. The molecule has 0 saturated heterocycles. The summed E-state index contributed by atoms with van der Waals surface area (Å²) in [5, 5.41) is 6.68. The van der Waals surface area contributed by atoms with Gasteiger partial charge in [0.2, 0.25) is 0 Å². The molecule has 24 nitrogen and oxygen atoms in total. The van der Waals surface area contributed by atoms with Gasteiger partial charge in [0.1, 0.15) is 145 Å². The Morgan fingerprint density at radius 1 is 0.182 bits per heavy atom. The zero-order valence-corrected chi connectivity index (χ0v) is 78.6. The van der Waals surface area contributed by atoms with Crippen molar-refractivity contribution in [1.82, 2.24) is 50.2 Å². The smallest absolute Gasteiger partial charge is 0.164 e. The van der Waals surface area contributed by atoms with Crippen molar-refractivity contribution >= 4 is 79.5 Å². The first-order valence-corrected chi connectivity index (χ1v) is 49.7. The molecule has 148 heavy (non-hydrogen) atoms. The zero-order chi connectivity index (χ0) is 96.6. The Morgan fingerprint density at radius 3 is 0.851 bits per heavy atom. The number of aromatic amines is 3. The molecule has 24 heteroatoms. The fourth-order valence-corrected chi connectivity index (χ4v) is 24.9. The van der Waals surface area contributed by atoms with E-state index < -0.39 is 21.7 Å². The molecule has 0 atom stereocenters. The Bertz CT molecular complexity index is 9580. The second-order valence-corrected chi connectivity index (χ2v) is 39.9. The number of hydrogen-bond donors (Lipinski definition) is 4. The van der Waals surface area contributed by atoms with Crippen molar-refractivity contribution < 1.29 is 37.9 Å². The second-order valence-electron chi connectivity index (χ2n) is 39.9. The highest BCUT2D eigenvalue weighted by Gasteiger charge is 2.51. The summed E-state index contributed by atoms with van der Waals surface area (Å²) in [4.78, 5) is 79.4. The molecule has 19 aromatic rings. The first-order chi connectivity index (χ1) is 73.1. The average molecular weight is 1920 g/mol. The molecule has 10 aliphatic heterocycles. The molecule has 4 N–H and O–H groups in total. The molecular formula is C124H76N16O8. The lowest BCUT2D eigenvalue weighted by molar-refractivity contribution is 0.172. The number of hydrogen-bond acceptors (Lipinski definition) is 21. The number of H-pyrrole nitrogens is 3. The molecule has 33 rings (SSSR count). The van der Waals surface area contributed by atoms with Gasteiger partial charge in [0.25, 0.3) is 0 Å². The maximum atomic E-state index is 7.52. The van der Waals surface area contributed by atoms with Crippen LogP contribution in [0.2, 0.25) is 0 Å². The van der Waals surface area contributed by atoms with E-state index in [2.05, 4.69) is 214 Å². The molecule has 15 aromatic carbocycles. The Kier molecular flexibility index (Phi) is 16.5. The topological polar surface area (TPSA) is 285 Å². The van der Waals surface area contributed by atoms with Gasteiger partial charge in [-0.3, -0.25) is 0 Å². The van der Waals surface area contributed by atoms with Crippen LogP contribution in [0.1, 0.15) is 77.9 Å². The van der Waals surface area contributed by atoms with Crippen LogP contribution in [0.3, 0.4) is 0 Å². The minimum absolute atomic E-state index is 0.121. The van der Waals surface area contributed by atoms with Gasteiger partial charge < -0.3 is 58.2 Å². The van der Waals surface area contributed by atoms with Gasteiger partial charge in [-0.2, -0.15) is 0 Å². The van der Waals surface area contributed by atoms with E-state index in [0.717, 1.165) is 99.8 Å². The largest absolute Gasteiger partial charge is 0.492 e. The average Bonchev–Trinajstić information content (AvgIpc) is 1.57. The van der Waals surface area contributed by atoms with Crippen LogP contribution in [0.5, 0.6) is 46.0 Å².